The Hall–Kier alpha value is -1.29. The van der Waals surface area contributed by atoms with Gasteiger partial charge in [-0.15, -0.1) is 0 Å². The first-order valence-corrected chi connectivity index (χ1v) is 5.97. The van der Waals surface area contributed by atoms with Crippen LogP contribution in [0.1, 0.15) is 6.92 Å². The van der Waals surface area contributed by atoms with Gasteiger partial charge < -0.3 is 9.72 Å². The molecule has 0 spiro atoms. The average molecular weight is 282 g/mol. The van der Waals surface area contributed by atoms with E-state index in [1.54, 1.807) is 6.07 Å². The van der Waals surface area contributed by atoms with Gasteiger partial charge >= 0.3 is 0 Å². The summed E-state index contributed by atoms with van der Waals surface area (Å²) < 4.78 is 5.55. The van der Waals surface area contributed by atoms with Crippen molar-refractivity contribution >= 4 is 26.8 Å². The number of rotatable bonds is 3. The first-order valence-electron chi connectivity index (χ1n) is 5.05. The van der Waals surface area contributed by atoms with E-state index in [0.717, 1.165) is 16.7 Å². The third kappa shape index (κ3) is 2.64. The van der Waals surface area contributed by atoms with Gasteiger partial charge in [0.1, 0.15) is 12.4 Å². The number of hydrogen-bond acceptors (Lipinski definition) is 2. The van der Waals surface area contributed by atoms with E-state index < -0.39 is 0 Å². The van der Waals surface area contributed by atoms with Crippen molar-refractivity contribution in [2.45, 2.75) is 11.8 Å². The van der Waals surface area contributed by atoms with Gasteiger partial charge in [-0.1, -0.05) is 15.9 Å². The maximum atomic E-state index is 11.2. The molecule has 0 aliphatic heterocycles. The molecular weight excluding hydrogens is 270 g/mol. The van der Waals surface area contributed by atoms with Crippen molar-refractivity contribution in [3.63, 3.8) is 0 Å². The topological polar surface area (TPSA) is 42.1 Å². The van der Waals surface area contributed by atoms with Crippen LogP contribution in [-0.4, -0.2) is 16.4 Å². The van der Waals surface area contributed by atoms with Crippen LogP contribution in [0.15, 0.2) is 35.1 Å². The van der Waals surface area contributed by atoms with Gasteiger partial charge in [0.05, 0.1) is 5.52 Å². The minimum atomic E-state index is -0.0986. The van der Waals surface area contributed by atoms with Crippen LogP contribution in [0.4, 0.5) is 0 Å². The SMILES string of the molecule is CC(Br)COc1ccc2ccc(=O)[nH]c2c1. The zero-order valence-electron chi connectivity index (χ0n) is 8.87. The number of fused-ring (bicyclic) bond motifs is 1. The highest BCUT2D eigenvalue weighted by atomic mass is 79.9. The van der Waals surface area contributed by atoms with Gasteiger partial charge in [0.25, 0.3) is 0 Å². The van der Waals surface area contributed by atoms with Crippen LogP contribution >= 0.6 is 15.9 Å². The van der Waals surface area contributed by atoms with Crippen molar-refractivity contribution in [3.05, 3.63) is 40.7 Å². The largest absolute Gasteiger partial charge is 0.492 e. The van der Waals surface area contributed by atoms with Crippen molar-refractivity contribution in [2.24, 2.45) is 0 Å². The minimum absolute atomic E-state index is 0.0986. The summed E-state index contributed by atoms with van der Waals surface area (Å²) in [5.41, 5.74) is 0.700. The smallest absolute Gasteiger partial charge is 0.248 e. The lowest BCUT2D eigenvalue weighted by Gasteiger charge is -2.08. The summed E-state index contributed by atoms with van der Waals surface area (Å²) >= 11 is 3.41. The molecule has 1 N–H and O–H groups in total. The Morgan fingerprint density at radius 3 is 2.88 bits per heavy atom. The minimum Gasteiger partial charge on any atom is -0.492 e. The quantitative estimate of drug-likeness (QED) is 0.879. The molecular formula is C12H12BrNO2. The van der Waals surface area contributed by atoms with Gasteiger partial charge in [0, 0.05) is 17.0 Å². The van der Waals surface area contributed by atoms with Gasteiger partial charge in [-0.3, -0.25) is 4.79 Å². The molecule has 0 bridgehead atoms. The van der Waals surface area contributed by atoms with Crippen LogP contribution in [0.3, 0.4) is 0 Å². The molecule has 0 saturated carbocycles. The van der Waals surface area contributed by atoms with E-state index in [9.17, 15) is 4.79 Å². The molecule has 2 rings (SSSR count). The van der Waals surface area contributed by atoms with Gasteiger partial charge in [-0.2, -0.15) is 0 Å². The Morgan fingerprint density at radius 1 is 1.38 bits per heavy atom. The fourth-order valence-corrected chi connectivity index (χ4v) is 1.56. The number of aromatic nitrogens is 1. The van der Waals surface area contributed by atoms with Gasteiger partial charge in [0.2, 0.25) is 5.56 Å². The van der Waals surface area contributed by atoms with Gasteiger partial charge in [0.15, 0.2) is 0 Å². The maximum absolute atomic E-state index is 11.2. The Kier molecular flexibility index (Phi) is 3.29. The molecule has 4 heteroatoms. The van der Waals surface area contributed by atoms with Crippen LogP contribution in [0.5, 0.6) is 5.75 Å². The summed E-state index contributed by atoms with van der Waals surface area (Å²) in [6, 6.07) is 8.98. The molecule has 1 unspecified atom stereocenters. The van der Waals surface area contributed by atoms with E-state index in [4.69, 9.17) is 4.74 Å². The number of nitrogens with one attached hydrogen (secondary N) is 1. The van der Waals surface area contributed by atoms with Crippen LogP contribution in [0, 0.1) is 0 Å². The molecule has 3 nitrogen and oxygen atoms in total. The Balaban J connectivity index is 2.31. The molecule has 1 heterocycles. The van der Waals surface area contributed by atoms with Crippen LogP contribution in [-0.2, 0) is 0 Å². The van der Waals surface area contributed by atoms with E-state index >= 15 is 0 Å². The molecule has 0 radical (unpaired) electrons. The third-order valence-corrected chi connectivity index (χ3v) is 2.44. The second-order valence-corrected chi connectivity index (χ2v) is 5.23. The number of benzene rings is 1. The number of H-pyrrole nitrogens is 1. The molecule has 1 aromatic carbocycles. The highest BCUT2D eigenvalue weighted by Crippen LogP contribution is 2.18. The lowest BCUT2D eigenvalue weighted by atomic mass is 10.2. The molecule has 0 aliphatic rings. The number of hydrogen-bond donors (Lipinski definition) is 1. The zero-order valence-corrected chi connectivity index (χ0v) is 10.5. The Morgan fingerprint density at radius 2 is 2.12 bits per heavy atom. The standard InChI is InChI=1S/C12H12BrNO2/c1-8(13)7-16-10-4-2-9-3-5-12(15)14-11(9)6-10/h2-6,8H,7H2,1H3,(H,14,15). The lowest BCUT2D eigenvalue weighted by molar-refractivity contribution is 0.324. The van der Waals surface area contributed by atoms with Crippen molar-refractivity contribution in [1.82, 2.24) is 4.98 Å². The fourth-order valence-electron chi connectivity index (χ4n) is 1.43. The van der Waals surface area contributed by atoms with Gasteiger partial charge in [-0.05, 0) is 30.5 Å². The van der Waals surface area contributed by atoms with Crippen molar-refractivity contribution in [1.29, 1.82) is 0 Å². The number of pyridine rings is 1. The second-order valence-electron chi connectivity index (χ2n) is 3.66. The molecule has 16 heavy (non-hydrogen) atoms. The molecule has 1 aromatic heterocycles. The summed E-state index contributed by atoms with van der Waals surface area (Å²) in [6.45, 7) is 2.62. The lowest BCUT2D eigenvalue weighted by Crippen LogP contribution is -2.07. The predicted octanol–water partition coefficient (Wildman–Crippen LogP) is 2.69. The first kappa shape index (κ1) is 11.2. The molecule has 84 valence electrons. The van der Waals surface area contributed by atoms with Crippen molar-refractivity contribution < 1.29 is 4.74 Å². The monoisotopic (exact) mass is 281 g/mol. The number of alkyl halides is 1. The molecule has 1 atom stereocenters. The predicted molar refractivity (Wildman–Crippen MR) is 68.5 cm³/mol. The molecule has 0 saturated heterocycles. The Bertz CT molecular complexity index is 548. The molecule has 0 amide bonds. The highest BCUT2D eigenvalue weighted by Gasteiger charge is 2.00. The van der Waals surface area contributed by atoms with E-state index in [1.807, 2.05) is 25.1 Å². The summed E-state index contributed by atoms with van der Waals surface area (Å²) in [7, 11) is 0. The first-order chi connectivity index (χ1) is 7.65. The zero-order chi connectivity index (χ0) is 11.5. The number of halogens is 1. The van der Waals surface area contributed by atoms with Crippen LogP contribution < -0.4 is 10.3 Å². The van der Waals surface area contributed by atoms with E-state index in [1.165, 1.54) is 6.07 Å². The second kappa shape index (κ2) is 4.70. The average Bonchev–Trinajstić information content (AvgIpc) is 2.25. The van der Waals surface area contributed by atoms with E-state index in [2.05, 4.69) is 20.9 Å². The van der Waals surface area contributed by atoms with Crippen LogP contribution in [0.25, 0.3) is 10.9 Å². The van der Waals surface area contributed by atoms with Gasteiger partial charge in [-0.25, -0.2) is 0 Å². The number of aromatic amines is 1. The summed E-state index contributed by atoms with van der Waals surface area (Å²) in [5, 5.41) is 0.999. The van der Waals surface area contributed by atoms with Crippen molar-refractivity contribution in [3.8, 4) is 5.75 Å². The van der Waals surface area contributed by atoms with E-state index in [-0.39, 0.29) is 5.56 Å². The molecule has 0 aliphatic carbocycles. The van der Waals surface area contributed by atoms with Crippen LogP contribution in [0.2, 0.25) is 0 Å². The summed E-state index contributed by atoms with van der Waals surface area (Å²) in [4.78, 5) is 14.2. The Labute approximate surface area is 102 Å². The van der Waals surface area contributed by atoms with E-state index in [0.29, 0.717) is 11.4 Å². The third-order valence-electron chi connectivity index (χ3n) is 2.18. The summed E-state index contributed by atoms with van der Waals surface area (Å²) in [6.07, 6.45) is 0. The summed E-state index contributed by atoms with van der Waals surface area (Å²) in [5.74, 6) is 0.764. The number of ether oxygens (including phenoxy) is 1. The maximum Gasteiger partial charge on any atom is 0.248 e. The molecule has 2 aromatic rings. The highest BCUT2D eigenvalue weighted by molar-refractivity contribution is 9.09. The molecule has 0 fully saturated rings. The fraction of sp³-hybridized carbons (Fsp3) is 0.250. The van der Waals surface area contributed by atoms with Crippen molar-refractivity contribution in [2.75, 3.05) is 6.61 Å². The normalized spacial score (nSPS) is 12.6.